The molecule has 0 fully saturated rings. The number of halogens is 1. The van der Waals surface area contributed by atoms with Crippen molar-refractivity contribution in [3.05, 3.63) is 107 Å². The van der Waals surface area contributed by atoms with Gasteiger partial charge in [-0.05, 0) is 65.1 Å². The van der Waals surface area contributed by atoms with Crippen molar-refractivity contribution in [3.8, 4) is 28.7 Å². The summed E-state index contributed by atoms with van der Waals surface area (Å²) in [4.78, 5) is 26.9. The number of hydrogen-bond acceptors (Lipinski definition) is 11. The van der Waals surface area contributed by atoms with Gasteiger partial charge >= 0.3 is 0 Å². The third kappa shape index (κ3) is 7.21. The van der Waals surface area contributed by atoms with E-state index < -0.39 is 6.23 Å². The Kier molecular flexibility index (Phi) is 10.4. The van der Waals surface area contributed by atoms with Crippen molar-refractivity contribution in [3.63, 3.8) is 0 Å². The highest BCUT2D eigenvalue weighted by Crippen LogP contribution is 2.44. The number of aliphatic imine (C=N–C) groups is 2. The summed E-state index contributed by atoms with van der Waals surface area (Å²) in [5, 5.41) is 11.5. The zero-order valence-corrected chi connectivity index (χ0v) is 32.7. The number of rotatable bonds is 12. The van der Waals surface area contributed by atoms with E-state index in [1.807, 2.05) is 66.1 Å². The predicted molar refractivity (Wildman–Crippen MR) is 221 cm³/mol. The average Bonchev–Trinajstić information content (AvgIpc) is 3.80. The molecule has 55 heavy (non-hydrogen) atoms. The second-order valence-electron chi connectivity index (χ2n) is 13.5. The van der Waals surface area contributed by atoms with Gasteiger partial charge < -0.3 is 42.1 Å². The van der Waals surface area contributed by atoms with E-state index in [0.717, 1.165) is 33.7 Å². The Morgan fingerprint density at radius 1 is 0.745 bits per heavy atom. The monoisotopic (exact) mass is 853 g/mol. The zero-order chi connectivity index (χ0) is 38.1. The predicted octanol–water partition coefficient (Wildman–Crippen LogP) is 8.12. The maximum Gasteiger partial charge on any atom is 0.260 e. The lowest BCUT2D eigenvalue weighted by Gasteiger charge is -2.27. The van der Waals surface area contributed by atoms with Crippen LogP contribution in [0.15, 0.2) is 95.2 Å². The Labute approximate surface area is 333 Å². The van der Waals surface area contributed by atoms with Crippen LogP contribution in [-0.4, -0.2) is 79.9 Å². The smallest absolute Gasteiger partial charge is 0.260 e. The van der Waals surface area contributed by atoms with Crippen molar-refractivity contribution >= 4 is 69.4 Å². The number of ether oxygens (including phenoxy) is 5. The highest BCUT2D eigenvalue weighted by Gasteiger charge is 2.35. The normalized spacial score (nSPS) is 19.3. The number of anilines is 1. The molecule has 8 rings (SSSR count). The number of carbonyl (C=O) groups is 1. The van der Waals surface area contributed by atoms with Crippen LogP contribution in [0.5, 0.6) is 28.7 Å². The number of fused-ring (bicyclic) bond motifs is 4. The first-order valence-corrected chi connectivity index (χ1v) is 19.0. The van der Waals surface area contributed by atoms with E-state index in [2.05, 4.69) is 38.5 Å². The van der Waals surface area contributed by atoms with Gasteiger partial charge in [-0.15, -0.1) is 0 Å². The van der Waals surface area contributed by atoms with E-state index in [0.29, 0.717) is 78.0 Å². The summed E-state index contributed by atoms with van der Waals surface area (Å²) in [6.45, 7) is 0.653. The number of nitrogens with zero attached hydrogens (tertiary/aromatic N) is 4. The summed E-state index contributed by atoms with van der Waals surface area (Å²) < 4.78 is 32.0. The maximum absolute atomic E-state index is 13.8. The molecule has 12 nitrogen and oxygen atoms in total. The van der Waals surface area contributed by atoms with Crippen molar-refractivity contribution in [1.82, 2.24) is 9.80 Å². The molecule has 2 N–H and O–H groups in total. The van der Waals surface area contributed by atoms with Crippen LogP contribution in [-0.2, 0) is 0 Å². The molecule has 1 unspecified atom stereocenters. The molecule has 4 aliphatic heterocycles. The molecule has 4 aromatic rings. The van der Waals surface area contributed by atoms with Crippen LogP contribution in [0.3, 0.4) is 0 Å². The third-order valence-corrected chi connectivity index (χ3v) is 10.8. The molecule has 0 aromatic heterocycles. The minimum absolute atomic E-state index is 0.102. The molecule has 0 bridgehead atoms. The lowest BCUT2D eigenvalue weighted by molar-refractivity contribution is 0.0336. The van der Waals surface area contributed by atoms with Crippen LogP contribution in [0.1, 0.15) is 52.5 Å². The molecule has 13 heteroatoms. The Morgan fingerprint density at radius 3 is 2.02 bits per heavy atom. The van der Waals surface area contributed by atoms with E-state index in [-0.39, 0.29) is 18.0 Å². The van der Waals surface area contributed by atoms with E-state index in [9.17, 15) is 9.90 Å². The quantitative estimate of drug-likeness (QED) is 0.0826. The van der Waals surface area contributed by atoms with Crippen LogP contribution in [0, 0.1) is 0 Å². The van der Waals surface area contributed by atoms with Crippen molar-refractivity contribution in [2.45, 2.75) is 37.6 Å². The first-order valence-electron chi connectivity index (χ1n) is 18.0. The number of carbonyl (C=O) groups excluding carboxylic acids is 1. The van der Waals surface area contributed by atoms with Gasteiger partial charge in [-0.25, -0.2) is 0 Å². The van der Waals surface area contributed by atoms with Crippen molar-refractivity contribution in [1.29, 1.82) is 0 Å². The molecular formula is C42H40IN5O7. The molecule has 1 amide bonds. The average molecular weight is 854 g/mol. The Balaban J connectivity index is 0.904. The number of methoxy groups -OCH3 is 3. The van der Waals surface area contributed by atoms with Gasteiger partial charge in [-0.3, -0.25) is 14.8 Å². The Morgan fingerprint density at radius 2 is 1.35 bits per heavy atom. The van der Waals surface area contributed by atoms with E-state index in [1.54, 1.807) is 50.5 Å². The molecule has 3 atom stereocenters. The number of aliphatic hydroxyl groups excluding tert-OH is 1. The second kappa shape index (κ2) is 15.7. The molecule has 282 valence electrons. The maximum atomic E-state index is 13.8. The van der Waals surface area contributed by atoms with Gasteiger partial charge in [0.25, 0.3) is 5.91 Å². The number of benzene rings is 4. The minimum atomic E-state index is -0.919. The molecule has 0 aliphatic carbocycles. The molecule has 0 spiro atoms. The number of nitrogens with one attached hydrogen (secondary N) is 1. The van der Waals surface area contributed by atoms with Gasteiger partial charge in [0.2, 0.25) is 0 Å². The number of aliphatic hydroxyl groups is 1. The zero-order valence-electron chi connectivity index (χ0n) is 30.6. The lowest BCUT2D eigenvalue weighted by Crippen LogP contribution is -2.32. The van der Waals surface area contributed by atoms with Gasteiger partial charge in [0, 0.05) is 61.1 Å². The first kappa shape index (κ1) is 36.4. The molecule has 0 saturated heterocycles. The molecule has 4 aliphatic rings. The highest BCUT2D eigenvalue weighted by molar-refractivity contribution is 14.1. The van der Waals surface area contributed by atoms with E-state index in [4.69, 9.17) is 33.7 Å². The topological polar surface area (TPSA) is 127 Å². The minimum Gasteiger partial charge on any atom is -0.497 e. The van der Waals surface area contributed by atoms with Crippen molar-refractivity contribution in [2.24, 2.45) is 9.98 Å². The van der Waals surface area contributed by atoms with Crippen LogP contribution in [0.4, 0.5) is 17.1 Å². The van der Waals surface area contributed by atoms with E-state index in [1.165, 1.54) is 0 Å². The largest absolute Gasteiger partial charge is 0.497 e. The third-order valence-electron chi connectivity index (χ3n) is 10.2. The number of amides is 1. The fourth-order valence-electron chi connectivity index (χ4n) is 7.26. The molecule has 0 radical (unpaired) electrons. The number of hydrogen-bond donors (Lipinski definition) is 2. The van der Waals surface area contributed by atoms with Crippen molar-refractivity contribution in [2.75, 3.05) is 38.1 Å². The molecule has 4 heterocycles. The van der Waals surface area contributed by atoms with E-state index >= 15 is 0 Å². The molecular weight excluding hydrogens is 813 g/mol. The Bertz CT molecular complexity index is 2220. The SMILES string of the molecule is COc1ccc(C2=CN3C(O)c4cc(OC)c(OCCCOc5cc6c(cc5OC)C(=O)N5C=C(c7ccc(NI)cc7)C[C@H]5C=N6)cc4N=C[C@@H]3C2)cc1. The van der Waals surface area contributed by atoms with Crippen LogP contribution in [0.25, 0.3) is 11.1 Å². The van der Waals surface area contributed by atoms with Crippen LogP contribution >= 0.6 is 22.9 Å². The summed E-state index contributed by atoms with van der Waals surface area (Å²) in [6, 6.07) is 22.8. The summed E-state index contributed by atoms with van der Waals surface area (Å²) in [6.07, 6.45) is 8.63. The standard InChI is InChI=1S/C42H40IN5O7/c1-51-32-11-7-26(8-12-32)28-16-31-22-45-36-20-40(38(53-3)18-34(36)42(50)48(31)24-28)55-14-4-13-54-39-19-35-33(17-37(39)52-2)41(49)47-23-27(15-30(47)21-44-35)25-5-9-29(46-43)10-6-25/h5-12,17-24,30-31,42,46,50H,4,13-16H2,1-3H3/t30-,31-,42?/m0/s1. The van der Waals surface area contributed by atoms with Gasteiger partial charge in [0.05, 0.1) is 86.4 Å². The fraction of sp³-hybridized carbons (Fsp3) is 0.262. The summed E-state index contributed by atoms with van der Waals surface area (Å²) in [5.41, 5.74) is 7.58. The first-order chi connectivity index (χ1) is 26.9. The molecule has 0 saturated carbocycles. The van der Waals surface area contributed by atoms with Gasteiger partial charge in [-0.1, -0.05) is 24.3 Å². The van der Waals surface area contributed by atoms with Crippen molar-refractivity contribution < 1.29 is 33.6 Å². The highest BCUT2D eigenvalue weighted by atomic mass is 127. The lowest BCUT2D eigenvalue weighted by atomic mass is 10.0. The molecule has 4 aromatic carbocycles. The summed E-state index contributed by atoms with van der Waals surface area (Å²) >= 11 is 2.11. The van der Waals surface area contributed by atoms with Gasteiger partial charge in [0.1, 0.15) is 5.75 Å². The van der Waals surface area contributed by atoms with Gasteiger partial charge in [0.15, 0.2) is 29.2 Å². The van der Waals surface area contributed by atoms with Gasteiger partial charge in [-0.2, -0.15) is 0 Å². The van der Waals surface area contributed by atoms with Crippen LogP contribution < -0.4 is 27.2 Å². The summed E-state index contributed by atoms with van der Waals surface area (Å²) in [7, 11) is 4.77. The fourth-order valence-corrected chi connectivity index (χ4v) is 7.62. The summed E-state index contributed by atoms with van der Waals surface area (Å²) in [5.74, 6) is 2.61. The van der Waals surface area contributed by atoms with Crippen LogP contribution in [0.2, 0.25) is 0 Å². The second-order valence-corrected chi connectivity index (χ2v) is 14.0. The Hall–Kier alpha value is -5.54.